The van der Waals surface area contributed by atoms with Crippen LogP contribution in [0.2, 0.25) is 0 Å². The summed E-state index contributed by atoms with van der Waals surface area (Å²) < 4.78 is 10.9. The first-order valence-corrected chi connectivity index (χ1v) is 10.3. The topological polar surface area (TPSA) is 86.5 Å². The van der Waals surface area contributed by atoms with Crippen molar-refractivity contribution < 1.29 is 13.6 Å². The SMILES string of the molecule is N#Cc1c(N2CCN(C(=O)c3ccco3)CC2)nc(-c2ccco2)c2c1CCCC2. The quantitative estimate of drug-likeness (QED) is 0.665. The van der Waals surface area contributed by atoms with Crippen molar-refractivity contribution in [2.75, 3.05) is 31.1 Å². The molecular formula is C23H22N4O3. The molecule has 4 heterocycles. The Balaban J connectivity index is 1.47. The second-order valence-electron chi connectivity index (χ2n) is 7.67. The number of nitrogens with zero attached hydrogens (tertiary/aromatic N) is 4. The maximum Gasteiger partial charge on any atom is 0.289 e. The van der Waals surface area contributed by atoms with Gasteiger partial charge in [-0.2, -0.15) is 5.26 Å². The molecular weight excluding hydrogens is 380 g/mol. The predicted molar refractivity (Wildman–Crippen MR) is 110 cm³/mol. The lowest BCUT2D eigenvalue weighted by Gasteiger charge is -2.36. The highest BCUT2D eigenvalue weighted by Crippen LogP contribution is 2.37. The van der Waals surface area contributed by atoms with Gasteiger partial charge in [0, 0.05) is 26.2 Å². The van der Waals surface area contributed by atoms with Gasteiger partial charge in [-0.1, -0.05) is 0 Å². The van der Waals surface area contributed by atoms with Crippen LogP contribution in [0, 0.1) is 11.3 Å². The number of fused-ring (bicyclic) bond motifs is 1. The van der Waals surface area contributed by atoms with Gasteiger partial charge in [-0.25, -0.2) is 4.98 Å². The number of carbonyl (C=O) groups excluding carboxylic acids is 1. The molecule has 152 valence electrons. The summed E-state index contributed by atoms with van der Waals surface area (Å²) in [4.78, 5) is 21.4. The third-order valence-electron chi connectivity index (χ3n) is 5.96. The molecule has 1 aliphatic heterocycles. The van der Waals surface area contributed by atoms with Crippen molar-refractivity contribution >= 4 is 11.7 Å². The van der Waals surface area contributed by atoms with Crippen molar-refractivity contribution in [1.29, 1.82) is 5.26 Å². The Morgan fingerprint density at radius 3 is 2.40 bits per heavy atom. The second kappa shape index (κ2) is 7.71. The molecule has 5 rings (SSSR count). The van der Waals surface area contributed by atoms with Crippen LogP contribution in [0.3, 0.4) is 0 Å². The van der Waals surface area contributed by atoms with E-state index in [0.29, 0.717) is 43.3 Å². The van der Waals surface area contributed by atoms with Crippen molar-refractivity contribution in [3.05, 3.63) is 59.2 Å². The van der Waals surface area contributed by atoms with Gasteiger partial charge in [0.2, 0.25) is 0 Å². The number of amides is 1. The zero-order chi connectivity index (χ0) is 20.5. The number of hydrogen-bond donors (Lipinski definition) is 0. The van der Waals surface area contributed by atoms with E-state index in [4.69, 9.17) is 13.8 Å². The largest absolute Gasteiger partial charge is 0.463 e. The summed E-state index contributed by atoms with van der Waals surface area (Å²) in [6, 6.07) is 9.61. The highest BCUT2D eigenvalue weighted by molar-refractivity contribution is 5.91. The lowest BCUT2D eigenvalue weighted by molar-refractivity contribution is 0.0714. The zero-order valence-corrected chi connectivity index (χ0v) is 16.6. The van der Waals surface area contributed by atoms with Gasteiger partial charge in [0.05, 0.1) is 18.1 Å². The fraction of sp³-hybridized carbons (Fsp3) is 0.348. The van der Waals surface area contributed by atoms with E-state index in [-0.39, 0.29) is 5.91 Å². The predicted octanol–water partition coefficient (Wildman–Crippen LogP) is 3.65. The van der Waals surface area contributed by atoms with Crippen molar-refractivity contribution in [2.24, 2.45) is 0 Å². The smallest absolute Gasteiger partial charge is 0.289 e. The van der Waals surface area contributed by atoms with Gasteiger partial charge in [0.1, 0.15) is 17.6 Å². The van der Waals surface area contributed by atoms with Gasteiger partial charge in [-0.15, -0.1) is 0 Å². The first-order valence-electron chi connectivity index (χ1n) is 10.3. The van der Waals surface area contributed by atoms with E-state index < -0.39 is 0 Å². The van der Waals surface area contributed by atoms with Crippen LogP contribution in [-0.2, 0) is 12.8 Å². The molecule has 1 aliphatic carbocycles. The van der Waals surface area contributed by atoms with Crippen LogP contribution in [0.5, 0.6) is 0 Å². The highest BCUT2D eigenvalue weighted by Gasteiger charge is 2.29. The minimum Gasteiger partial charge on any atom is -0.463 e. The van der Waals surface area contributed by atoms with E-state index in [9.17, 15) is 10.1 Å². The Labute approximate surface area is 174 Å². The Morgan fingerprint density at radius 1 is 1.00 bits per heavy atom. The van der Waals surface area contributed by atoms with Gasteiger partial charge in [0.15, 0.2) is 11.5 Å². The molecule has 1 amide bonds. The van der Waals surface area contributed by atoms with E-state index in [1.54, 1.807) is 23.3 Å². The molecule has 0 aromatic carbocycles. The number of rotatable bonds is 3. The van der Waals surface area contributed by atoms with Crippen LogP contribution in [0.25, 0.3) is 11.5 Å². The van der Waals surface area contributed by atoms with E-state index >= 15 is 0 Å². The number of anilines is 1. The zero-order valence-electron chi connectivity index (χ0n) is 16.6. The average Bonchev–Trinajstić information content (AvgIpc) is 3.52. The van der Waals surface area contributed by atoms with Gasteiger partial charge in [0.25, 0.3) is 5.91 Å². The number of furan rings is 2. The standard InChI is InChI=1S/C23H22N4O3/c24-15-18-16-5-1-2-6-17(16)21(19-7-3-13-29-19)25-22(18)26-9-11-27(12-10-26)23(28)20-8-4-14-30-20/h3-4,7-8,13-14H,1-2,5-6,9-12H2. The van der Waals surface area contributed by atoms with Crippen LogP contribution >= 0.6 is 0 Å². The van der Waals surface area contributed by atoms with Crippen LogP contribution < -0.4 is 4.90 Å². The van der Waals surface area contributed by atoms with Gasteiger partial charge >= 0.3 is 0 Å². The maximum atomic E-state index is 12.6. The molecule has 0 radical (unpaired) electrons. The lowest BCUT2D eigenvalue weighted by Crippen LogP contribution is -2.49. The number of pyridine rings is 1. The summed E-state index contributed by atoms with van der Waals surface area (Å²) in [6.45, 7) is 2.34. The molecule has 0 saturated carbocycles. The molecule has 7 nitrogen and oxygen atoms in total. The average molecular weight is 402 g/mol. The number of aromatic nitrogens is 1. The molecule has 7 heteroatoms. The summed E-state index contributed by atoms with van der Waals surface area (Å²) in [5, 5.41) is 9.97. The lowest BCUT2D eigenvalue weighted by atomic mass is 9.87. The number of hydrogen-bond acceptors (Lipinski definition) is 6. The van der Waals surface area contributed by atoms with Crippen molar-refractivity contribution in [1.82, 2.24) is 9.88 Å². The fourth-order valence-electron chi connectivity index (χ4n) is 4.45. The van der Waals surface area contributed by atoms with Gasteiger partial charge < -0.3 is 18.6 Å². The molecule has 0 spiro atoms. The van der Waals surface area contributed by atoms with Crippen molar-refractivity contribution in [2.45, 2.75) is 25.7 Å². The summed E-state index contributed by atoms with van der Waals surface area (Å²) in [5.74, 6) is 1.70. The first-order chi connectivity index (χ1) is 14.8. The maximum absolute atomic E-state index is 12.6. The Hall–Kier alpha value is -3.53. The molecule has 0 N–H and O–H groups in total. The van der Waals surface area contributed by atoms with E-state index in [1.165, 1.54) is 6.26 Å². The van der Waals surface area contributed by atoms with E-state index in [1.807, 2.05) is 12.1 Å². The summed E-state index contributed by atoms with van der Waals surface area (Å²) in [7, 11) is 0. The molecule has 1 saturated heterocycles. The third kappa shape index (κ3) is 3.14. The molecule has 30 heavy (non-hydrogen) atoms. The van der Waals surface area contributed by atoms with Gasteiger partial charge in [-0.3, -0.25) is 4.79 Å². The molecule has 3 aromatic heterocycles. The Bertz CT molecular complexity index is 1090. The van der Waals surface area contributed by atoms with Crippen LogP contribution in [0.1, 0.15) is 40.1 Å². The summed E-state index contributed by atoms with van der Waals surface area (Å²) in [5.41, 5.74) is 3.76. The van der Waals surface area contributed by atoms with E-state index in [0.717, 1.165) is 48.3 Å². The number of carbonyl (C=O) groups is 1. The molecule has 0 unspecified atom stereocenters. The number of piperazine rings is 1. The van der Waals surface area contributed by atoms with Crippen LogP contribution in [0.15, 0.2) is 45.6 Å². The molecule has 3 aromatic rings. The van der Waals surface area contributed by atoms with Gasteiger partial charge in [-0.05, 0) is 61.1 Å². The minimum absolute atomic E-state index is 0.102. The van der Waals surface area contributed by atoms with Crippen LogP contribution in [-0.4, -0.2) is 42.0 Å². The fourth-order valence-corrected chi connectivity index (χ4v) is 4.45. The first kappa shape index (κ1) is 18.5. The molecule has 1 fully saturated rings. The molecule has 0 bridgehead atoms. The molecule has 2 aliphatic rings. The minimum atomic E-state index is -0.102. The van der Waals surface area contributed by atoms with Crippen molar-refractivity contribution in [3.8, 4) is 17.5 Å². The number of nitriles is 1. The Kier molecular flexibility index (Phi) is 4.75. The van der Waals surface area contributed by atoms with E-state index in [2.05, 4.69) is 11.0 Å². The summed E-state index contributed by atoms with van der Waals surface area (Å²) >= 11 is 0. The second-order valence-corrected chi connectivity index (χ2v) is 7.67. The normalized spacial score (nSPS) is 16.2. The van der Waals surface area contributed by atoms with Crippen LogP contribution in [0.4, 0.5) is 5.82 Å². The monoisotopic (exact) mass is 402 g/mol. The molecule has 0 atom stereocenters. The Morgan fingerprint density at radius 2 is 1.73 bits per heavy atom. The third-order valence-corrected chi connectivity index (χ3v) is 5.96. The van der Waals surface area contributed by atoms with Crippen molar-refractivity contribution in [3.63, 3.8) is 0 Å². The highest BCUT2D eigenvalue weighted by atomic mass is 16.3. The summed E-state index contributed by atoms with van der Waals surface area (Å²) in [6.07, 6.45) is 7.14.